The molecule has 1 aromatic carbocycles. The Morgan fingerprint density at radius 1 is 1.22 bits per heavy atom. The van der Waals surface area contributed by atoms with Gasteiger partial charge in [0.1, 0.15) is 6.61 Å². The zero-order chi connectivity index (χ0) is 13.8. The summed E-state index contributed by atoms with van der Waals surface area (Å²) in [6.07, 6.45) is -4.74. The van der Waals surface area contributed by atoms with E-state index in [0.29, 0.717) is 5.69 Å². The Morgan fingerprint density at radius 3 is 2.44 bits per heavy atom. The molecule has 0 amide bonds. The second-order valence-electron chi connectivity index (χ2n) is 3.28. The second kappa shape index (κ2) is 5.58. The molecule has 100 valence electrons. The second-order valence-corrected chi connectivity index (χ2v) is 3.28. The molecule has 0 aliphatic heterocycles. The van der Waals surface area contributed by atoms with Crippen molar-refractivity contribution in [3.63, 3.8) is 0 Å². The molecule has 0 unspecified atom stereocenters. The standard InChI is InChI=1S/C10H11F3N2O3/c11-10(12,13)18-4-3-17-9(16)7-2-1-6(14)5-8(7)15/h1-2,5H,3-4,14-15H2. The summed E-state index contributed by atoms with van der Waals surface area (Å²) in [6, 6.07) is 4.11. The predicted molar refractivity (Wildman–Crippen MR) is 57.6 cm³/mol. The molecule has 0 saturated heterocycles. The molecule has 0 heterocycles. The van der Waals surface area contributed by atoms with Crippen molar-refractivity contribution in [3.05, 3.63) is 23.8 Å². The van der Waals surface area contributed by atoms with Crippen LogP contribution in [0.1, 0.15) is 10.4 Å². The molecule has 0 aliphatic carbocycles. The minimum atomic E-state index is -4.74. The molecular weight excluding hydrogens is 253 g/mol. The summed E-state index contributed by atoms with van der Waals surface area (Å²) >= 11 is 0. The largest absolute Gasteiger partial charge is 0.522 e. The Labute approximate surface area is 100 Å². The Balaban J connectivity index is 2.46. The molecule has 0 saturated carbocycles. The molecule has 1 aromatic rings. The van der Waals surface area contributed by atoms with Crippen molar-refractivity contribution >= 4 is 17.3 Å². The first-order valence-corrected chi connectivity index (χ1v) is 4.82. The number of hydrogen-bond donors (Lipinski definition) is 2. The van der Waals surface area contributed by atoms with Crippen molar-refractivity contribution < 1.29 is 27.4 Å². The molecule has 0 atom stereocenters. The van der Waals surface area contributed by atoms with Gasteiger partial charge in [0.25, 0.3) is 0 Å². The minimum Gasteiger partial charge on any atom is -0.460 e. The van der Waals surface area contributed by atoms with E-state index in [-0.39, 0.29) is 11.3 Å². The zero-order valence-electron chi connectivity index (χ0n) is 9.16. The van der Waals surface area contributed by atoms with E-state index in [1.54, 1.807) is 0 Å². The van der Waals surface area contributed by atoms with Crippen molar-refractivity contribution in [3.8, 4) is 0 Å². The van der Waals surface area contributed by atoms with Crippen LogP contribution in [-0.2, 0) is 9.47 Å². The number of anilines is 2. The minimum absolute atomic E-state index is 0.0382. The molecule has 0 aromatic heterocycles. The molecule has 8 heteroatoms. The number of nitrogen functional groups attached to an aromatic ring is 2. The summed E-state index contributed by atoms with van der Waals surface area (Å²) in [4.78, 5) is 11.4. The highest BCUT2D eigenvalue weighted by Crippen LogP contribution is 2.17. The first-order chi connectivity index (χ1) is 8.29. The van der Waals surface area contributed by atoms with Crippen molar-refractivity contribution in [1.29, 1.82) is 0 Å². The highest BCUT2D eigenvalue weighted by Gasteiger charge is 2.28. The lowest BCUT2D eigenvalue weighted by molar-refractivity contribution is -0.326. The van der Waals surface area contributed by atoms with Gasteiger partial charge in [0, 0.05) is 11.4 Å². The number of carbonyl (C=O) groups excluding carboxylic acids is 1. The van der Waals surface area contributed by atoms with Gasteiger partial charge in [-0.05, 0) is 18.2 Å². The monoisotopic (exact) mass is 264 g/mol. The van der Waals surface area contributed by atoms with Gasteiger partial charge in [-0.2, -0.15) is 0 Å². The van der Waals surface area contributed by atoms with Gasteiger partial charge in [-0.3, -0.25) is 4.74 Å². The van der Waals surface area contributed by atoms with Gasteiger partial charge < -0.3 is 16.2 Å². The molecule has 5 nitrogen and oxygen atoms in total. The van der Waals surface area contributed by atoms with Crippen LogP contribution in [0.15, 0.2) is 18.2 Å². The van der Waals surface area contributed by atoms with Gasteiger partial charge in [-0.15, -0.1) is 13.2 Å². The smallest absolute Gasteiger partial charge is 0.460 e. The van der Waals surface area contributed by atoms with E-state index < -0.39 is 25.5 Å². The van der Waals surface area contributed by atoms with Crippen LogP contribution >= 0.6 is 0 Å². The fourth-order valence-electron chi connectivity index (χ4n) is 1.14. The average molecular weight is 264 g/mol. The normalized spacial score (nSPS) is 11.3. The van der Waals surface area contributed by atoms with Gasteiger partial charge in [-0.1, -0.05) is 0 Å². The number of benzene rings is 1. The maximum absolute atomic E-state index is 11.6. The summed E-state index contributed by atoms with van der Waals surface area (Å²) in [5.74, 6) is -0.835. The average Bonchev–Trinajstić information content (AvgIpc) is 2.22. The maximum atomic E-state index is 11.6. The van der Waals surface area contributed by atoms with Crippen molar-refractivity contribution in [2.75, 3.05) is 24.7 Å². The number of ether oxygens (including phenoxy) is 2. The van der Waals surface area contributed by atoms with E-state index in [1.165, 1.54) is 18.2 Å². The summed E-state index contributed by atoms with van der Waals surface area (Å²) < 4.78 is 42.8. The van der Waals surface area contributed by atoms with Crippen LogP contribution in [0.4, 0.5) is 24.5 Å². The summed E-state index contributed by atoms with van der Waals surface area (Å²) in [7, 11) is 0. The third-order valence-corrected chi connectivity index (χ3v) is 1.88. The van der Waals surface area contributed by atoms with E-state index in [2.05, 4.69) is 9.47 Å². The fourth-order valence-corrected chi connectivity index (χ4v) is 1.14. The maximum Gasteiger partial charge on any atom is 0.522 e. The lowest BCUT2D eigenvalue weighted by Gasteiger charge is -2.09. The van der Waals surface area contributed by atoms with Crippen LogP contribution in [0.25, 0.3) is 0 Å². The molecule has 0 fully saturated rings. The number of halogens is 3. The zero-order valence-corrected chi connectivity index (χ0v) is 9.16. The molecule has 0 radical (unpaired) electrons. The molecule has 0 aliphatic rings. The number of hydrogen-bond acceptors (Lipinski definition) is 5. The number of carbonyl (C=O) groups is 1. The topological polar surface area (TPSA) is 87.6 Å². The summed E-state index contributed by atoms with van der Waals surface area (Å²) in [5, 5.41) is 0. The molecule has 4 N–H and O–H groups in total. The van der Waals surface area contributed by atoms with Gasteiger partial charge in [0.05, 0.1) is 12.2 Å². The molecule has 0 spiro atoms. The Morgan fingerprint density at radius 2 is 1.89 bits per heavy atom. The highest BCUT2D eigenvalue weighted by atomic mass is 19.4. The number of alkyl halides is 3. The fraction of sp³-hybridized carbons (Fsp3) is 0.300. The van der Waals surface area contributed by atoms with Gasteiger partial charge >= 0.3 is 12.3 Å². The third kappa shape index (κ3) is 4.50. The van der Waals surface area contributed by atoms with E-state index in [1.807, 2.05) is 0 Å². The lowest BCUT2D eigenvalue weighted by Crippen LogP contribution is -2.19. The van der Waals surface area contributed by atoms with Gasteiger partial charge in [0.2, 0.25) is 0 Å². The van der Waals surface area contributed by atoms with Crippen LogP contribution in [0.2, 0.25) is 0 Å². The van der Waals surface area contributed by atoms with Crippen molar-refractivity contribution in [2.24, 2.45) is 0 Å². The Hall–Kier alpha value is -1.96. The van der Waals surface area contributed by atoms with E-state index in [4.69, 9.17) is 11.5 Å². The Bertz CT molecular complexity index is 435. The number of rotatable bonds is 4. The summed E-state index contributed by atoms with van der Waals surface area (Å²) in [6.45, 7) is -1.30. The van der Waals surface area contributed by atoms with Crippen LogP contribution in [0, 0.1) is 0 Å². The van der Waals surface area contributed by atoms with E-state index in [0.717, 1.165) is 0 Å². The third-order valence-electron chi connectivity index (χ3n) is 1.88. The van der Waals surface area contributed by atoms with E-state index in [9.17, 15) is 18.0 Å². The van der Waals surface area contributed by atoms with Crippen LogP contribution in [0.5, 0.6) is 0 Å². The number of nitrogens with two attached hydrogens (primary N) is 2. The van der Waals surface area contributed by atoms with Gasteiger partial charge in [-0.25, -0.2) is 4.79 Å². The summed E-state index contributed by atoms with van der Waals surface area (Å²) in [5.41, 5.74) is 11.4. The van der Waals surface area contributed by atoms with Crippen molar-refractivity contribution in [1.82, 2.24) is 0 Å². The Kier molecular flexibility index (Phi) is 4.38. The molecule has 1 rings (SSSR count). The quantitative estimate of drug-likeness (QED) is 0.489. The van der Waals surface area contributed by atoms with Crippen LogP contribution < -0.4 is 11.5 Å². The van der Waals surface area contributed by atoms with Crippen LogP contribution in [0.3, 0.4) is 0 Å². The number of esters is 1. The first-order valence-electron chi connectivity index (χ1n) is 4.82. The predicted octanol–water partition coefficient (Wildman–Crippen LogP) is 1.54. The molecule has 18 heavy (non-hydrogen) atoms. The molecule has 0 bridgehead atoms. The lowest BCUT2D eigenvalue weighted by atomic mass is 10.1. The van der Waals surface area contributed by atoms with E-state index >= 15 is 0 Å². The SMILES string of the molecule is Nc1ccc(C(=O)OCCOC(F)(F)F)c(N)c1. The highest BCUT2D eigenvalue weighted by molar-refractivity contribution is 5.95. The first kappa shape index (κ1) is 14.1. The van der Waals surface area contributed by atoms with Crippen LogP contribution in [-0.4, -0.2) is 25.5 Å². The molecular formula is C10H11F3N2O3. The van der Waals surface area contributed by atoms with Crippen molar-refractivity contribution in [2.45, 2.75) is 6.36 Å². The van der Waals surface area contributed by atoms with Gasteiger partial charge in [0.15, 0.2) is 0 Å².